The van der Waals surface area contributed by atoms with Gasteiger partial charge in [0.1, 0.15) is 6.04 Å². The lowest BCUT2D eigenvalue weighted by atomic mass is 10.1. The van der Waals surface area contributed by atoms with Crippen LogP contribution in [0.5, 0.6) is 0 Å². The molecule has 0 saturated carbocycles. The number of nitrogens with one attached hydrogen (secondary N) is 1. The molecule has 2 aromatic heterocycles. The number of hydrogen-bond acceptors (Lipinski definition) is 5. The predicted molar refractivity (Wildman–Crippen MR) is 99.2 cm³/mol. The summed E-state index contributed by atoms with van der Waals surface area (Å²) in [6, 6.07) is 19.1. The average Bonchev–Trinajstić information content (AvgIpc) is 3.39. The Hall–Kier alpha value is -3.38. The van der Waals surface area contributed by atoms with Crippen LogP contribution < -0.4 is 5.32 Å². The van der Waals surface area contributed by atoms with Gasteiger partial charge in [-0.25, -0.2) is 0 Å². The molecule has 2 aromatic carbocycles. The number of benzene rings is 2. The maximum Gasteiger partial charge on any atom is 0.287 e. The van der Waals surface area contributed by atoms with Crippen molar-refractivity contribution < 1.29 is 13.6 Å². The maximum absolute atomic E-state index is 12.5. The van der Waals surface area contributed by atoms with Gasteiger partial charge in [-0.15, -0.1) is 10.2 Å². The van der Waals surface area contributed by atoms with Crippen molar-refractivity contribution in [1.29, 1.82) is 0 Å². The molecule has 0 radical (unpaired) electrons. The van der Waals surface area contributed by atoms with Crippen LogP contribution >= 0.6 is 11.6 Å². The van der Waals surface area contributed by atoms with Gasteiger partial charge < -0.3 is 14.2 Å². The van der Waals surface area contributed by atoms with Crippen LogP contribution in [0.25, 0.3) is 11.5 Å². The Bertz CT molecular complexity index is 1050. The third kappa shape index (κ3) is 3.61. The van der Waals surface area contributed by atoms with E-state index in [1.165, 1.54) is 6.26 Å². The van der Waals surface area contributed by atoms with Crippen molar-refractivity contribution in [3.63, 3.8) is 0 Å². The molecule has 7 heteroatoms. The van der Waals surface area contributed by atoms with E-state index in [0.717, 1.165) is 5.56 Å². The van der Waals surface area contributed by atoms with Crippen molar-refractivity contribution in [3.05, 3.63) is 95.2 Å². The van der Waals surface area contributed by atoms with Crippen LogP contribution in [0.3, 0.4) is 0 Å². The number of carbonyl (C=O) groups excluding carboxylic acids is 1. The van der Waals surface area contributed by atoms with Gasteiger partial charge in [-0.1, -0.05) is 54.1 Å². The lowest BCUT2D eigenvalue weighted by Crippen LogP contribution is -2.29. The number of amides is 1. The molecule has 0 saturated heterocycles. The van der Waals surface area contributed by atoms with Gasteiger partial charge in [0.15, 0.2) is 5.76 Å². The molecular formula is C20H14ClN3O3. The highest BCUT2D eigenvalue weighted by Crippen LogP contribution is 2.29. The molecule has 1 N–H and O–H groups in total. The Balaban J connectivity index is 1.69. The van der Waals surface area contributed by atoms with Gasteiger partial charge in [-0.2, -0.15) is 0 Å². The molecular weight excluding hydrogens is 366 g/mol. The lowest BCUT2D eigenvalue weighted by molar-refractivity contribution is 0.0910. The number of rotatable bonds is 5. The Kier molecular flexibility index (Phi) is 4.72. The molecule has 27 heavy (non-hydrogen) atoms. The fourth-order valence-electron chi connectivity index (χ4n) is 2.64. The zero-order valence-electron chi connectivity index (χ0n) is 14.0. The highest BCUT2D eigenvalue weighted by molar-refractivity contribution is 6.33. The van der Waals surface area contributed by atoms with Crippen molar-refractivity contribution >= 4 is 17.5 Å². The molecule has 6 nitrogen and oxygen atoms in total. The van der Waals surface area contributed by atoms with Gasteiger partial charge in [0.25, 0.3) is 5.91 Å². The summed E-state index contributed by atoms with van der Waals surface area (Å²) >= 11 is 6.21. The largest absolute Gasteiger partial charge is 0.459 e. The Labute approximate surface area is 159 Å². The summed E-state index contributed by atoms with van der Waals surface area (Å²) in [6.45, 7) is 0. The van der Waals surface area contributed by atoms with Crippen LogP contribution in [0.1, 0.15) is 28.1 Å². The molecule has 0 fully saturated rings. The third-order valence-corrected chi connectivity index (χ3v) is 4.27. The quantitative estimate of drug-likeness (QED) is 0.552. The molecule has 0 aliphatic rings. The van der Waals surface area contributed by atoms with Crippen LogP contribution in [0.15, 0.2) is 81.8 Å². The van der Waals surface area contributed by atoms with Gasteiger partial charge in [0, 0.05) is 0 Å². The number of carbonyl (C=O) groups is 1. The van der Waals surface area contributed by atoms with E-state index in [1.54, 1.807) is 24.3 Å². The molecule has 1 atom stereocenters. The van der Waals surface area contributed by atoms with Crippen molar-refractivity contribution in [2.24, 2.45) is 0 Å². The van der Waals surface area contributed by atoms with E-state index >= 15 is 0 Å². The zero-order valence-corrected chi connectivity index (χ0v) is 14.8. The summed E-state index contributed by atoms with van der Waals surface area (Å²) in [6.07, 6.45) is 1.44. The number of nitrogens with zero attached hydrogens (tertiary/aromatic N) is 2. The summed E-state index contributed by atoms with van der Waals surface area (Å²) in [5.41, 5.74) is 1.42. The highest BCUT2D eigenvalue weighted by Gasteiger charge is 2.25. The molecule has 2 heterocycles. The van der Waals surface area contributed by atoms with Gasteiger partial charge in [-0.3, -0.25) is 4.79 Å². The number of halogens is 1. The van der Waals surface area contributed by atoms with E-state index in [2.05, 4.69) is 15.5 Å². The second kappa shape index (κ2) is 7.47. The molecule has 4 aromatic rings. The first-order valence-electron chi connectivity index (χ1n) is 8.20. The second-order valence-corrected chi connectivity index (χ2v) is 6.13. The van der Waals surface area contributed by atoms with Crippen LogP contribution in [0.4, 0.5) is 0 Å². The van der Waals surface area contributed by atoms with E-state index in [4.69, 9.17) is 20.4 Å². The molecule has 0 spiro atoms. The lowest BCUT2D eigenvalue weighted by Gasteiger charge is -2.14. The molecule has 134 valence electrons. The molecule has 0 unspecified atom stereocenters. The molecule has 0 aliphatic heterocycles. The number of aromatic nitrogens is 2. The highest BCUT2D eigenvalue weighted by atomic mass is 35.5. The minimum absolute atomic E-state index is 0.196. The Morgan fingerprint density at radius 1 is 0.963 bits per heavy atom. The SMILES string of the molecule is O=C(N[C@H](c1ccccc1)c1nnc(-c2ccccc2Cl)o1)c1ccco1. The summed E-state index contributed by atoms with van der Waals surface area (Å²) < 4.78 is 11.0. The van der Waals surface area contributed by atoms with Crippen LogP contribution in [0, 0.1) is 0 Å². The smallest absolute Gasteiger partial charge is 0.287 e. The topological polar surface area (TPSA) is 81.2 Å². The van der Waals surface area contributed by atoms with Gasteiger partial charge in [0.05, 0.1) is 16.8 Å². The average molecular weight is 380 g/mol. The minimum Gasteiger partial charge on any atom is -0.459 e. The van der Waals surface area contributed by atoms with Crippen LogP contribution in [0.2, 0.25) is 5.02 Å². The van der Waals surface area contributed by atoms with Gasteiger partial charge >= 0.3 is 0 Å². The monoisotopic (exact) mass is 379 g/mol. The van der Waals surface area contributed by atoms with Crippen molar-refractivity contribution in [1.82, 2.24) is 15.5 Å². The Morgan fingerprint density at radius 2 is 1.74 bits per heavy atom. The summed E-state index contributed by atoms with van der Waals surface area (Å²) in [7, 11) is 0. The second-order valence-electron chi connectivity index (χ2n) is 5.72. The van der Waals surface area contributed by atoms with E-state index < -0.39 is 6.04 Å². The number of furan rings is 1. The first-order chi connectivity index (χ1) is 13.2. The standard InChI is InChI=1S/C20H14ClN3O3/c21-15-10-5-4-9-14(15)19-23-24-20(27-19)17(13-7-2-1-3-8-13)22-18(25)16-11-6-12-26-16/h1-12,17H,(H,22,25)/t17-/m1/s1. The van der Waals surface area contributed by atoms with E-state index in [1.807, 2.05) is 42.5 Å². The van der Waals surface area contributed by atoms with Gasteiger partial charge in [0.2, 0.25) is 11.8 Å². The summed E-state index contributed by atoms with van der Waals surface area (Å²) in [5, 5.41) is 11.6. The molecule has 0 aliphatic carbocycles. The van der Waals surface area contributed by atoms with Crippen LogP contribution in [-0.2, 0) is 0 Å². The minimum atomic E-state index is -0.632. The van der Waals surface area contributed by atoms with E-state index in [0.29, 0.717) is 10.6 Å². The normalized spacial score (nSPS) is 11.9. The first kappa shape index (κ1) is 17.1. The van der Waals surface area contributed by atoms with Crippen LogP contribution in [-0.4, -0.2) is 16.1 Å². The summed E-state index contributed by atoms with van der Waals surface area (Å²) in [5.74, 6) is 0.341. The third-order valence-electron chi connectivity index (χ3n) is 3.95. The molecule has 4 rings (SSSR count). The predicted octanol–water partition coefficient (Wildman–Crippen LogP) is 4.50. The van der Waals surface area contributed by atoms with Crippen molar-refractivity contribution in [2.75, 3.05) is 0 Å². The van der Waals surface area contributed by atoms with E-state index in [-0.39, 0.29) is 23.4 Å². The van der Waals surface area contributed by atoms with Crippen molar-refractivity contribution in [2.45, 2.75) is 6.04 Å². The Morgan fingerprint density at radius 3 is 2.48 bits per heavy atom. The number of hydrogen-bond donors (Lipinski definition) is 1. The first-order valence-corrected chi connectivity index (χ1v) is 8.58. The molecule has 0 bridgehead atoms. The van der Waals surface area contributed by atoms with E-state index in [9.17, 15) is 4.79 Å². The zero-order chi connectivity index (χ0) is 18.6. The fraction of sp³-hybridized carbons (Fsp3) is 0.0500. The van der Waals surface area contributed by atoms with Gasteiger partial charge in [-0.05, 0) is 29.8 Å². The fourth-order valence-corrected chi connectivity index (χ4v) is 2.85. The van der Waals surface area contributed by atoms with Crippen molar-refractivity contribution in [3.8, 4) is 11.5 Å². The maximum atomic E-state index is 12.5. The summed E-state index contributed by atoms with van der Waals surface area (Å²) in [4.78, 5) is 12.5. The molecule has 1 amide bonds.